The molecule has 0 saturated heterocycles. The normalized spacial score (nSPS) is 11.5. The van der Waals surface area contributed by atoms with Crippen molar-refractivity contribution in [3.8, 4) is 11.1 Å². The molecule has 0 aromatic heterocycles. The molecule has 41 heavy (non-hydrogen) atoms. The number of hydrogen-bond acceptors (Lipinski definition) is 4. The van der Waals surface area contributed by atoms with E-state index in [2.05, 4.69) is 43.8 Å². The largest absolute Gasteiger partial charge is 0.462 e. The fourth-order valence-corrected chi connectivity index (χ4v) is 5.03. The van der Waals surface area contributed by atoms with Crippen LogP contribution in [0, 0.1) is 11.2 Å². The van der Waals surface area contributed by atoms with E-state index in [-0.39, 0.29) is 25.0 Å². The maximum absolute atomic E-state index is 15.3. The first-order chi connectivity index (χ1) is 19.7. The number of halogens is 1. The van der Waals surface area contributed by atoms with Crippen LogP contribution in [0.15, 0.2) is 72.8 Å². The summed E-state index contributed by atoms with van der Waals surface area (Å²) in [7, 11) is 0. The van der Waals surface area contributed by atoms with Crippen molar-refractivity contribution in [3.05, 3.63) is 106 Å². The Morgan fingerprint density at radius 1 is 0.829 bits per heavy atom. The summed E-state index contributed by atoms with van der Waals surface area (Å²) in [5.74, 6) is -0.556. The van der Waals surface area contributed by atoms with Crippen molar-refractivity contribution >= 4 is 5.97 Å². The van der Waals surface area contributed by atoms with E-state index in [4.69, 9.17) is 4.74 Å². The number of aliphatic hydroxyl groups is 2. The zero-order chi connectivity index (χ0) is 29.8. The highest BCUT2D eigenvalue weighted by molar-refractivity contribution is 5.86. The van der Waals surface area contributed by atoms with Crippen LogP contribution in [-0.2, 0) is 41.6 Å². The van der Waals surface area contributed by atoms with Gasteiger partial charge < -0.3 is 14.9 Å². The first-order valence-electron chi connectivity index (χ1n) is 14.8. The monoisotopic (exact) mass is 560 g/mol. The van der Waals surface area contributed by atoms with Gasteiger partial charge in [0.1, 0.15) is 5.82 Å². The predicted molar refractivity (Wildman–Crippen MR) is 164 cm³/mol. The molecule has 0 amide bonds. The van der Waals surface area contributed by atoms with Crippen LogP contribution in [0.4, 0.5) is 4.39 Å². The van der Waals surface area contributed by atoms with Crippen molar-refractivity contribution in [3.63, 3.8) is 0 Å². The molecule has 0 aliphatic carbocycles. The molecule has 3 aromatic rings. The number of carbonyl (C=O) groups is 1. The number of hydrogen-bond donors (Lipinski definition) is 2. The fourth-order valence-electron chi connectivity index (χ4n) is 5.03. The molecule has 0 unspecified atom stereocenters. The standard InChI is InChI=1S/C36H45FO4/c1-5-31-22-30(19-20-36(6-2,24-38)25-39)15-17-32(31)33-18-16-29(23-34(33)37)14-13-28-11-9-27(10-12-28)8-7-21-41-35(40)26(3)4/h9-12,15-18,22-23,38-39H,3,5-8,13-14,19-21,24-25H2,1-2,4H3. The lowest BCUT2D eigenvalue weighted by atomic mass is 9.81. The molecule has 0 saturated carbocycles. The molecule has 0 aliphatic heterocycles. The van der Waals surface area contributed by atoms with E-state index in [9.17, 15) is 15.0 Å². The molecular formula is C36H45FO4. The minimum atomic E-state index is -0.461. The van der Waals surface area contributed by atoms with Gasteiger partial charge in [-0.2, -0.15) is 0 Å². The van der Waals surface area contributed by atoms with Gasteiger partial charge in [0.2, 0.25) is 0 Å². The summed E-state index contributed by atoms with van der Waals surface area (Å²) in [5, 5.41) is 19.5. The van der Waals surface area contributed by atoms with Gasteiger partial charge in [-0.25, -0.2) is 9.18 Å². The second kappa shape index (κ2) is 15.6. The third-order valence-electron chi connectivity index (χ3n) is 8.16. The summed E-state index contributed by atoms with van der Waals surface area (Å²) in [5.41, 5.74) is 7.08. The Labute approximate surface area is 244 Å². The molecule has 220 valence electrons. The number of rotatable bonds is 16. The molecule has 3 aromatic carbocycles. The van der Waals surface area contributed by atoms with Crippen molar-refractivity contribution < 1.29 is 24.1 Å². The molecule has 0 bridgehead atoms. The van der Waals surface area contributed by atoms with E-state index < -0.39 is 5.41 Å². The number of carbonyl (C=O) groups excluding carboxylic acids is 1. The molecule has 2 N–H and O–H groups in total. The third-order valence-corrected chi connectivity index (χ3v) is 8.16. The van der Waals surface area contributed by atoms with Crippen molar-refractivity contribution in [2.45, 2.75) is 72.1 Å². The molecule has 4 nitrogen and oxygen atoms in total. The Kier molecular flexibility index (Phi) is 12.3. The van der Waals surface area contributed by atoms with E-state index in [1.165, 1.54) is 11.1 Å². The summed E-state index contributed by atoms with van der Waals surface area (Å²) in [6, 6.07) is 20.2. The van der Waals surface area contributed by atoms with Gasteiger partial charge in [0.05, 0.1) is 19.8 Å². The third kappa shape index (κ3) is 9.11. The highest BCUT2D eigenvalue weighted by Gasteiger charge is 2.26. The van der Waals surface area contributed by atoms with Gasteiger partial charge in [-0.05, 0) is 97.7 Å². The molecule has 0 heterocycles. The minimum absolute atomic E-state index is 0.0298. The number of ether oxygens (including phenoxy) is 1. The average molecular weight is 561 g/mol. The van der Waals surface area contributed by atoms with Crippen LogP contribution < -0.4 is 0 Å². The van der Waals surface area contributed by atoms with Gasteiger partial charge in [-0.3, -0.25) is 0 Å². The van der Waals surface area contributed by atoms with Crippen LogP contribution in [0.25, 0.3) is 11.1 Å². The quantitative estimate of drug-likeness (QED) is 0.110. The second-order valence-corrected chi connectivity index (χ2v) is 11.2. The van der Waals surface area contributed by atoms with Gasteiger partial charge in [-0.15, -0.1) is 0 Å². The van der Waals surface area contributed by atoms with Crippen LogP contribution in [0.2, 0.25) is 0 Å². The van der Waals surface area contributed by atoms with Gasteiger partial charge in [-0.1, -0.05) is 75.0 Å². The van der Waals surface area contributed by atoms with Crippen molar-refractivity contribution in [1.82, 2.24) is 0 Å². The SMILES string of the molecule is C=C(C)C(=O)OCCCc1ccc(CCc2ccc(-c3ccc(CCC(CC)(CO)CO)cc3CC)c(F)c2)cc1. The molecule has 0 spiro atoms. The molecule has 0 radical (unpaired) electrons. The zero-order valence-corrected chi connectivity index (χ0v) is 24.8. The predicted octanol–water partition coefficient (Wildman–Crippen LogP) is 7.21. The van der Waals surface area contributed by atoms with Gasteiger partial charge >= 0.3 is 5.97 Å². The number of benzene rings is 3. The second-order valence-electron chi connectivity index (χ2n) is 11.2. The van der Waals surface area contributed by atoms with E-state index in [0.29, 0.717) is 24.2 Å². The first kappa shape index (κ1) is 32.2. The Hall–Kier alpha value is -3.28. The Morgan fingerprint density at radius 2 is 1.39 bits per heavy atom. The van der Waals surface area contributed by atoms with Crippen LogP contribution in [0.1, 0.15) is 67.9 Å². The first-order valence-corrected chi connectivity index (χ1v) is 14.8. The summed E-state index contributed by atoms with van der Waals surface area (Å²) < 4.78 is 20.5. The number of esters is 1. The van der Waals surface area contributed by atoms with Gasteiger partial charge in [0, 0.05) is 16.6 Å². The summed E-state index contributed by atoms with van der Waals surface area (Å²) in [6.07, 6.45) is 6.15. The Balaban J connectivity index is 1.58. The zero-order valence-electron chi connectivity index (χ0n) is 24.8. The van der Waals surface area contributed by atoms with Crippen LogP contribution in [0.3, 0.4) is 0 Å². The van der Waals surface area contributed by atoms with Crippen molar-refractivity contribution in [2.24, 2.45) is 5.41 Å². The van der Waals surface area contributed by atoms with Crippen molar-refractivity contribution in [1.29, 1.82) is 0 Å². The van der Waals surface area contributed by atoms with Crippen LogP contribution >= 0.6 is 0 Å². The molecular weight excluding hydrogens is 515 g/mol. The highest BCUT2D eigenvalue weighted by Crippen LogP contribution is 2.31. The Bertz CT molecular complexity index is 1280. The van der Waals surface area contributed by atoms with Crippen LogP contribution in [-0.4, -0.2) is 36.0 Å². The van der Waals surface area contributed by atoms with Crippen molar-refractivity contribution in [2.75, 3.05) is 19.8 Å². The smallest absolute Gasteiger partial charge is 0.333 e. The maximum Gasteiger partial charge on any atom is 0.333 e. The summed E-state index contributed by atoms with van der Waals surface area (Å²) >= 11 is 0. The molecule has 5 heteroatoms. The number of aliphatic hydroxyl groups excluding tert-OH is 2. The minimum Gasteiger partial charge on any atom is -0.462 e. The average Bonchev–Trinajstić information content (AvgIpc) is 2.99. The van der Waals surface area contributed by atoms with Gasteiger partial charge in [0.25, 0.3) is 0 Å². The van der Waals surface area contributed by atoms with Gasteiger partial charge in [0.15, 0.2) is 0 Å². The molecule has 0 atom stereocenters. The maximum atomic E-state index is 15.3. The van der Waals surface area contributed by atoms with E-state index in [1.807, 2.05) is 31.2 Å². The molecule has 0 aliphatic rings. The number of aryl methyl sites for hydroxylation is 5. The summed E-state index contributed by atoms with van der Waals surface area (Å²) in [6.45, 7) is 9.62. The Morgan fingerprint density at radius 3 is 1.95 bits per heavy atom. The van der Waals surface area contributed by atoms with E-state index in [1.54, 1.807) is 13.0 Å². The highest BCUT2D eigenvalue weighted by atomic mass is 19.1. The van der Waals surface area contributed by atoms with E-state index in [0.717, 1.165) is 67.2 Å². The fraction of sp³-hybridized carbons (Fsp3) is 0.417. The molecule has 3 rings (SSSR count). The van der Waals surface area contributed by atoms with E-state index >= 15 is 4.39 Å². The topological polar surface area (TPSA) is 66.8 Å². The lowest BCUT2D eigenvalue weighted by molar-refractivity contribution is -0.139. The molecule has 0 fully saturated rings. The van der Waals surface area contributed by atoms with Crippen LogP contribution in [0.5, 0.6) is 0 Å². The summed E-state index contributed by atoms with van der Waals surface area (Å²) in [4.78, 5) is 11.5. The lowest BCUT2D eigenvalue weighted by Gasteiger charge is -2.28. The lowest BCUT2D eigenvalue weighted by Crippen LogP contribution is -2.29.